The van der Waals surface area contributed by atoms with E-state index in [-0.39, 0.29) is 24.5 Å². The van der Waals surface area contributed by atoms with Gasteiger partial charge < -0.3 is 25.6 Å². The maximum absolute atomic E-state index is 12.1. The van der Waals surface area contributed by atoms with Crippen molar-refractivity contribution in [3.05, 3.63) is 24.3 Å². The molecule has 1 saturated carbocycles. The summed E-state index contributed by atoms with van der Waals surface area (Å²) in [6.45, 7) is 2.93. The molecular formula is C16H22N4O3. The number of para-hydroxylation sites is 2. The van der Waals surface area contributed by atoms with Crippen LogP contribution < -0.4 is 20.9 Å². The second-order valence-corrected chi connectivity index (χ2v) is 5.77. The van der Waals surface area contributed by atoms with Gasteiger partial charge in [0.05, 0.1) is 31.1 Å². The van der Waals surface area contributed by atoms with E-state index < -0.39 is 0 Å². The molecule has 1 aliphatic heterocycles. The smallest absolute Gasteiger partial charge is 0.315 e. The number of hydrogen-bond donors (Lipinski definition) is 3. The highest BCUT2D eigenvalue weighted by molar-refractivity contribution is 5.97. The fourth-order valence-corrected chi connectivity index (χ4v) is 2.48. The molecule has 0 aromatic heterocycles. The van der Waals surface area contributed by atoms with E-state index in [0.29, 0.717) is 13.2 Å². The molecule has 7 nitrogen and oxygen atoms in total. The molecular weight excluding hydrogens is 296 g/mol. The minimum absolute atomic E-state index is 0.0456. The number of morpholine rings is 1. The third-order valence-corrected chi connectivity index (χ3v) is 3.85. The van der Waals surface area contributed by atoms with E-state index in [1.54, 1.807) is 0 Å². The van der Waals surface area contributed by atoms with Crippen LogP contribution in [0, 0.1) is 0 Å². The van der Waals surface area contributed by atoms with E-state index in [0.717, 1.165) is 37.3 Å². The van der Waals surface area contributed by atoms with Crippen molar-refractivity contribution in [3.63, 3.8) is 0 Å². The number of carbonyl (C=O) groups is 2. The highest BCUT2D eigenvalue weighted by Crippen LogP contribution is 2.26. The number of anilines is 2. The van der Waals surface area contributed by atoms with Gasteiger partial charge in [0.2, 0.25) is 5.91 Å². The number of hydrogen-bond acceptors (Lipinski definition) is 4. The Balaban J connectivity index is 1.53. The summed E-state index contributed by atoms with van der Waals surface area (Å²) in [6.07, 6.45) is 2.04. The Morgan fingerprint density at radius 2 is 1.91 bits per heavy atom. The molecule has 1 heterocycles. The second-order valence-electron chi connectivity index (χ2n) is 5.77. The van der Waals surface area contributed by atoms with Gasteiger partial charge in [0.25, 0.3) is 0 Å². The lowest BCUT2D eigenvalue weighted by molar-refractivity contribution is -0.115. The van der Waals surface area contributed by atoms with Crippen molar-refractivity contribution in [1.82, 2.24) is 10.6 Å². The Hall–Kier alpha value is -2.28. The van der Waals surface area contributed by atoms with Crippen LogP contribution in [0.2, 0.25) is 0 Å². The zero-order chi connectivity index (χ0) is 16.1. The summed E-state index contributed by atoms with van der Waals surface area (Å²) in [5.74, 6) is -0.239. The van der Waals surface area contributed by atoms with Crippen LogP contribution in [0.3, 0.4) is 0 Å². The van der Waals surface area contributed by atoms with E-state index in [1.807, 2.05) is 24.3 Å². The number of urea groups is 1. The first kappa shape index (κ1) is 15.6. The number of benzene rings is 1. The van der Waals surface area contributed by atoms with Gasteiger partial charge >= 0.3 is 6.03 Å². The average molecular weight is 318 g/mol. The Morgan fingerprint density at radius 1 is 1.17 bits per heavy atom. The van der Waals surface area contributed by atoms with Crippen molar-refractivity contribution in [2.24, 2.45) is 0 Å². The van der Waals surface area contributed by atoms with E-state index in [1.165, 1.54) is 0 Å². The summed E-state index contributed by atoms with van der Waals surface area (Å²) >= 11 is 0. The van der Waals surface area contributed by atoms with Crippen molar-refractivity contribution in [2.75, 3.05) is 43.1 Å². The maximum Gasteiger partial charge on any atom is 0.315 e. The minimum Gasteiger partial charge on any atom is -0.378 e. The first-order valence-electron chi connectivity index (χ1n) is 7.98. The van der Waals surface area contributed by atoms with Gasteiger partial charge in [-0.3, -0.25) is 4.79 Å². The van der Waals surface area contributed by atoms with Crippen molar-refractivity contribution in [1.29, 1.82) is 0 Å². The second kappa shape index (κ2) is 7.32. The summed E-state index contributed by atoms with van der Waals surface area (Å²) < 4.78 is 5.36. The third-order valence-electron chi connectivity index (χ3n) is 3.85. The lowest BCUT2D eigenvalue weighted by atomic mass is 10.2. The molecule has 1 saturated heterocycles. The van der Waals surface area contributed by atoms with Crippen LogP contribution in [-0.2, 0) is 9.53 Å². The van der Waals surface area contributed by atoms with Crippen LogP contribution in [-0.4, -0.2) is 50.8 Å². The largest absolute Gasteiger partial charge is 0.378 e. The van der Waals surface area contributed by atoms with Crippen LogP contribution in [0.4, 0.5) is 16.2 Å². The van der Waals surface area contributed by atoms with E-state index in [2.05, 4.69) is 20.9 Å². The van der Waals surface area contributed by atoms with Crippen molar-refractivity contribution >= 4 is 23.3 Å². The molecule has 0 atom stereocenters. The molecule has 2 aliphatic rings. The van der Waals surface area contributed by atoms with Gasteiger partial charge in [0, 0.05) is 19.1 Å². The van der Waals surface area contributed by atoms with E-state index in [9.17, 15) is 9.59 Å². The summed E-state index contributed by atoms with van der Waals surface area (Å²) in [5.41, 5.74) is 1.73. The highest BCUT2D eigenvalue weighted by atomic mass is 16.5. The monoisotopic (exact) mass is 318 g/mol. The lowest BCUT2D eigenvalue weighted by Crippen LogP contribution is -2.41. The van der Waals surface area contributed by atoms with Crippen LogP contribution in [0.1, 0.15) is 12.8 Å². The SMILES string of the molecule is O=C(CNC(=O)NC1CC1)Nc1ccccc1N1CCOCC1. The number of rotatable bonds is 5. The number of nitrogens with zero attached hydrogens (tertiary/aromatic N) is 1. The number of ether oxygens (including phenoxy) is 1. The fraction of sp³-hybridized carbons (Fsp3) is 0.500. The Labute approximate surface area is 135 Å². The average Bonchev–Trinajstić information content (AvgIpc) is 3.38. The first-order chi connectivity index (χ1) is 11.2. The first-order valence-corrected chi connectivity index (χ1v) is 7.98. The molecule has 0 radical (unpaired) electrons. The predicted molar refractivity (Wildman–Crippen MR) is 87.7 cm³/mol. The quantitative estimate of drug-likeness (QED) is 0.754. The predicted octanol–water partition coefficient (Wildman–Crippen LogP) is 0.923. The standard InChI is InChI=1S/C16H22N4O3/c21-15(11-17-16(22)18-12-5-6-12)19-13-3-1-2-4-14(13)20-7-9-23-10-8-20/h1-4,12H,5-11H2,(H,19,21)(H2,17,18,22). The molecule has 2 fully saturated rings. The molecule has 23 heavy (non-hydrogen) atoms. The maximum atomic E-state index is 12.1. The van der Waals surface area contributed by atoms with Crippen LogP contribution >= 0.6 is 0 Å². The molecule has 0 bridgehead atoms. The van der Waals surface area contributed by atoms with Crippen LogP contribution in [0.25, 0.3) is 0 Å². The van der Waals surface area contributed by atoms with Crippen molar-refractivity contribution < 1.29 is 14.3 Å². The highest BCUT2D eigenvalue weighted by Gasteiger charge is 2.23. The van der Waals surface area contributed by atoms with Gasteiger partial charge in [-0.1, -0.05) is 12.1 Å². The summed E-state index contributed by atoms with van der Waals surface area (Å²) in [7, 11) is 0. The third kappa shape index (κ3) is 4.59. The molecule has 1 aromatic carbocycles. The van der Waals surface area contributed by atoms with Gasteiger partial charge in [-0.05, 0) is 25.0 Å². The molecule has 3 rings (SSSR count). The minimum atomic E-state index is -0.288. The van der Waals surface area contributed by atoms with E-state index in [4.69, 9.17) is 4.74 Å². The summed E-state index contributed by atoms with van der Waals surface area (Å²) in [5, 5.41) is 8.23. The Morgan fingerprint density at radius 3 is 2.65 bits per heavy atom. The normalized spacial score (nSPS) is 17.5. The number of carbonyl (C=O) groups excluding carboxylic acids is 2. The Bertz CT molecular complexity index is 568. The lowest BCUT2D eigenvalue weighted by Gasteiger charge is -2.30. The van der Waals surface area contributed by atoms with Gasteiger partial charge in [0.1, 0.15) is 0 Å². The summed E-state index contributed by atoms with van der Waals surface area (Å²) in [6, 6.07) is 7.67. The fourth-order valence-electron chi connectivity index (χ4n) is 2.48. The molecule has 124 valence electrons. The van der Waals surface area contributed by atoms with E-state index >= 15 is 0 Å². The topological polar surface area (TPSA) is 82.7 Å². The number of amides is 3. The zero-order valence-corrected chi connectivity index (χ0v) is 13.0. The zero-order valence-electron chi connectivity index (χ0n) is 13.0. The van der Waals surface area contributed by atoms with Gasteiger partial charge in [0.15, 0.2) is 0 Å². The van der Waals surface area contributed by atoms with Gasteiger partial charge in [-0.25, -0.2) is 4.79 Å². The number of nitrogens with one attached hydrogen (secondary N) is 3. The molecule has 1 aromatic rings. The molecule has 1 aliphatic carbocycles. The van der Waals surface area contributed by atoms with Crippen molar-refractivity contribution in [2.45, 2.75) is 18.9 Å². The molecule has 0 unspecified atom stereocenters. The van der Waals surface area contributed by atoms with Gasteiger partial charge in [-0.2, -0.15) is 0 Å². The van der Waals surface area contributed by atoms with Crippen molar-refractivity contribution in [3.8, 4) is 0 Å². The van der Waals surface area contributed by atoms with Gasteiger partial charge in [-0.15, -0.1) is 0 Å². The molecule has 7 heteroatoms. The van der Waals surface area contributed by atoms with Crippen LogP contribution in [0.15, 0.2) is 24.3 Å². The van der Waals surface area contributed by atoms with Crippen LogP contribution in [0.5, 0.6) is 0 Å². The molecule has 3 N–H and O–H groups in total. The Kier molecular flexibility index (Phi) is 4.97. The summed E-state index contributed by atoms with van der Waals surface area (Å²) in [4.78, 5) is 25.8. The molecule has 3 amide bonds. The molecule has 0 spiro atoms.